The lowest BCUT2D eigenvalue weighted by molar-refractivity contribution is 0.415. The highest BCUT2D eigenvalue weighted by Crippen LogP contribution is 2.27. The second-order valence-corrected chi connectivity index (χ2v) is 5.50. The molecule has 0 aromatic heterocycles. The molecule has 0 aliphatic heterocycles. The minimum absolute atomic E-state index is 0.479. The number of methoxy groups -OCH3 is 1. The summed E-state index contributed by atoms with van der Waals surface area (Å²) in [5.74, 6) is 0.724. The number of unbranched alkanes of at least 4 members (excludes halogenated alkanes) is 4. The fourth-order valence-electron chi connectivity index (χ4n) is 2.16. The van der Waals surface area contributed by atoms with Gasteiger partial charge in [0.1, 0.15) is 5.75 Å². The molecule has 0 fully saturated rings. The third-order valence-corrected chi connectivity index (χ3v) is 3.62. The van der Waals surface area contributed by atoms with Crippen LogP contribution < -0.4 is 10.1 Å². The summed E-state index contributed by atoms with van der Waals surface area (Å²) in [6, 6.07) is 6.30. The Balaban J connectivity index is 2.33. The Morgan fingerprint density at radius 1 is 1.21 bits per heavy atom. The van der Waals surface area contributed by atoms with Crippen LogP contribution in [0.1, 0.15) is 52.4 Å². The smallest absolute Gasteiger partial charge is 0.139 e. The Morgan fingerprint density at radius 2 is 1.95 bits per heavy atom. The van der Waals surface area contributed by atoms with Crippen molar-refractivity contribution in [2.24, 2.45) is 0 Å². The molecule has 1 atom stereocenters. The van der Waals surface area contributed by atoms with Gasteiger partial charge in [-0.1, -0.05) is 50.6 Å². The fourth-order valence-corrected chi connectivity index (χ4v) is 2.36. The van der Waals surface area contributed by atoms with Crippen molar-refractivity contribution in [1.29, 1.82) is 0 Å². The number of rotatable bonds is 9. The first-order valence-corrected chi connectivity index (χ1v) is 7.65. The summed E-state index contributed by atoms with van der Waals surface area (Å²) >= 11 is 6.01. The molecule has 0 aliphatic carbocycles. The molecule has 1 aromatic carbocycles. The molecule has 108 valence electrons. The molecule has 1 unspecified atom stereocenters. The Morgan fingerprint density at radius 3 is 2.63 bits per heavy atom. The summed E-state index contributed by atoms with van der Waals surface area (Å²) < 4.78 is 5.22. The minimum atomic E-state index is 0.479. The van der Waals surface area contributed by atoms with Gasteiger partial charge in [0.25, 0.3) is 0 Å². The van der Waals surface area contributed by atoms with E-state index < -0.39 is 0 Å². The first-order valence-electron chi connectivity index (χ1n) is 7.27. The van der Waals surface area contributed by atoms with Gasteiger partial charge in [-0.15, -0.1) is 0 Å². The standard InChI is InChI=1S/C16H26ClNO/c1-4-5-6-7-8-9-13(2)18-14-10-11-15(17)16(12-14)19-3/h10-13,18H,4-9H2,1-3H3. The van der Waals surface area contributed by atoms with Crippen LogP contribution in [0.5, 0.6) is 5.75 Å². The van der Waals surface area contributed by atoms with E-state index in [9.17, 15) is 0 Å². The highest BCUT2D eigenvalue weighted by atomic mass is 35.5. The van der Waals surface area contributed by atoms with E-state index in [1.807, 2.05) is 18.2 Å². The van der Waals surface area contributed by atoms with Crippen LogP contribution in [-0.2, 0) is 0 Å². The molecule has 1 N–H and O–H groups in total. The lowest BCUT2D eigenvalue weighted by Crippen LogP contribution is -2.14. The van der Waals surface area contributed by atoms with Crippen molar-refractivity contribution < 1.29 is 4.74 Å². The van der Waals surface area contributed by atoms with E-state index in [4.69, 9.17) is 16.3 Å². The van der Waals surface area contributed by atoms with Gasteiger partial charge in [0.15, 0.2) is 0 Å². The van der Waals surface area contributed by atoms with Gasteiger partial charge in [0, 0.05) is 17.8 Å². The topological polar surface area (TPSA) is 21.3 Å². The summed E-state index contributed by atoms with van der Waals surface area (Å²) in [6.45, 7) is 4.47. The third kappa shape index (κ3) is 6.20. The predicted molar refractivity (Wildman–Crippen MR) is 84.5 cm³/mol. The Bertz CT molecular complexity index is 368. The average Bonchev–Trinajstić information content (AvgIpc) is 2.40. The summed E-state index contributed by atoms with van der Waals surface area (Å²) in [7, 11) is 1.64. The molecule has 2 nitrogen and oxygen atoms in total. The van der Waals surface area contributed by atoms with Crippen molar-refractivity contribution in [1.82, 2.24) is 0 Å². The van der Waals surface area contributed by atoms with Gasteiger partial charge < -0.3 is 10.1 Å². The van der Waals surface area contributed by atoms with Gasteiger partial charge >= 0.3 is 0 Å². The van der Waals surface area contributed by atoms with E-state index in [1.54, 1.807) is 7.11 Å². The van der Waals surface area contributed by atoms with Crippen LogP contribution in [-0.4, -0.2) is 13.2 Å². The largest absolute Gasteiger partial charge is 0.495 e. The van der Waals surface area contributed by atoms with Crippen molar-refractivity contribution in [3.05, 3.63) is 23.2 Å². The molecule has 0 heterocycles. The number of benzene rings is 1. The maximum Gasteiger partial charge on any atom is 0.139 e. The lowest BCUT2D eigenvalue weighted by Gasteiger charge is -2.16. The van der Waals surface area contributed by atoms with Gasteiger partial charge in [-0.2, -0.15) is 0 Å². The predicted octanol–water partition coefficient (Wildman–Crippen LogP) is 5.51. The molecule has 3 heteroatoms. The molecular weight excluding hydrogens is 258 g/mol. The molecule has 0 bridgehead atoms. The molecule has 19 heavy (non-hydrogen) atoms. The molecule has 1 aromatic rings. The Hall–Kier alpha value is -0.890. The highest BCUT2D eigenvalue weighted by molar-refractivity contribution is 6.32. The van der Waals surface area contributed by atoms with Crippen LogP contribution in [0.2, 0.25) is 5.02 Å². The molecule has 0 aliphatic rings. The first kappa shape index (κ1) is 16.2. The summed E-state index contributed by atoms with van der Waals surface area (Å²) in [4.78, 5) is 0. The molecule has 0 spiro atoms. The quantitative estimate of drug-likeness (QED) is 0.603. The van der Waals surface area contributed by atoms with E-state index in [0.29, 0.717) is 11.1 Å². The monoisotopic (exact) mass is 283 g/mol. The number of halogens is 1. The Labute approximate surface area is 122 Å². The van der Waals surface area contributed by atoms with Crippen molar-refractivity contribution in [2.75, 3.05) is 12.4 Å². The maximum atomic E-state index is 6.01. The molecule has 0 radical (unpaired) electrons. The number of nitrogens with one attached hydrogen (secondary N) is 1. The Kier molecular flexibility index (Phi) is 7.73. The van der Waals surface area contributed by atoms with E-state index in [-0.39, 0.29) is 0 Å². The highest BCUT2D eigenvalue weighted by Gasteiger charge is 2.05. The molecule has 0 amide bonds. The van der Waals surface area contributed by atoms with Gasteiger partial charge in [0.2, 0.25) is 0 Å². The summed E-state index contributed by atoms with van der Waals surface area (Å²) in [5, 5.41) is 4.15. The molecular formula is C16H26ClNO. The zero-order chi connectivity index (χ0) is 14.1. The molecule has 1 rings (SSSR count). The number of hydrogen-bond donors (Lipinski definition) is 1. The molecule has 0 saturated heterocycles. The van der Waals surface area contributed by atoms with Crippen molar-refractivity contribution >= 4 is 17.3 Å². The van der Waals surface area contributed by atoms with Crippen molar-refractivity contribution in [3.63, 3.8) is 0 Å². The summed E-state index contributed by atoms with van der Waals surface area (Å²) in [5.41, 5.74) is 1.07. The van der Waals surface area contributed by atoms with Gasteiger partial charge in [-0.25, -0.2) is 0 Å². The van der Waals surface area contributed by atoms with Crippen molar-refractivity contribution in [2.45, 2.75) is 58.4 Å². The SMILES string of the molecule is CCCCCCCC(C)Nc1ccc(Cl)c(OC)c1. The molecule has 0 saturated carbocycles. The van der Waals surface area contributed by atoms with Gasteiger partial charge in [-0.05, 0) is 25.5 Å². The summed E-state index contributed by atoms with van der Waals surface area (Å²) in [6.07, 6.45) is 7.85. The van der Waals surface area contributed by atoms with Crippen LogP contribution in [0.4, 0.5) is 5.69 Å². The van der Waals surface area contributed by atoms with Gasteiger partial charge in [0.05, 0.1) is 12.1 Å². The van der Waals surface area contributed by atoms with Crippen LogP contribution in [0.15, 0.2) is 18.2 Å². The average molecular weight is 284 g/mol. The third-order valence-electron chi connectivity index (χ3n) is 3.30. The van der Waals surface area contributed by atoms with Crippen LogP contribution >= 0.6 is 11.6 Å². The zero-order valence-corrected chi connectivity index (χ0v) is 13.1. The minimum Gasteiger partial charge on any atom is -0.495 e. The normalized spacial score (nSPS) is 12.2. The van der Waals surface area contributed by atoms with E-state index in [1.165, 1.54) is 38.5 Å². The van der Waals surface area contributed by atoms with Crippen LogP contribution in [0.3, 0.4) is 0 Å². The number of ether oxygens (including phenoxy) is 1. The number of hydrogen-bond acceptors (Lipinski definition) is 2. The van der Waals surface area contributed by atoms with Crippen LogP contribution in [0.25, 0.3) is 0 Å². The van der Waals surface area contributed by atoms with E-state index in [2.05, 4.69) is 19.2 Å². The maximum absolute atomic E-state index is 6.01. The zero-order valence-electron chi connectivity index (χ0n) is 12.3. The van der Waals surface area contributed by atoms with Crippen molar-refractivity contribution in [3.8, 4) is 5.75 Å². The van der Waals surface area contributed by atoms with E-state index in [0.717, 1.165) is 11.4 Å². The van der Waals surface area contributed by atoms with Gasteiger partial charge in [-0.3, -0.25) is 0 Å². The lowest BCUT2D eigenvalue weighted by atomic mass is 10.1. The van der Waals surface area contributed by atoms with E-state index >= 15 is 0 Å². The fraction of sp³-hybridized carbons (Fsp3) is 0.625. The second-order valence-electron chi connectivity index (χ2n) is 5.10. The first-order chi connectivity index (χ1) is 9.17. The number of anilines is 1. The van der Waals surface area contributed by atoms with Crippen LogP contribution in [0, 0.1) is 0 Å². The second kappa shape index (κ2) is 9.08.